The monoisotopic (exact) mass is 400 g/mol. The van der Waals surface area contributed by atoms with Crippen LogP contribution in [0.3, 0.4) is 0 Å². The highest BCUT2D eigenvalue weighted by Gasteiger charge is 2.33. The van der Waals surface area contributed by atoms with Crippen molar-refractivity contribution in [3.63, 3.8) is 0 Å². The lowest BCUT2D eigenvalue weighted by atomic mass is 9.67. The van der Waals surface area contributed by atoms with E-state index < -0.39 is 0 Å². The Bertz CT molecular complexity index is 1440. The van der Waals surface area contributed by atoms with Crippen LogP contribution in [-0.4, -0.2) is 9.55 Å². The molecule has 2 bridgehead atoms. The molecule has 0 unspecified atom stereocenters. The van der Waals surface area contributed by atoms with E-state index in [0.29, 0.717) is 0 Å². The average Bonchev–Trinajstić information content (AvgIpc) is 3.19. The Kier molecular flexibility index (Phi) is 3.66. The fourth-order valence-corrected chi connectivity index (χ4v) is 6.04. The van der Waals surface area contributed by atoms with E-state index in [0.717, 1.165) is 17.5 Å². The summed E-state index contributed by atoms with van der Waals surface area (Å²) in [5, 5.41) is 2.58. The third-order valence-corrected chi connectivity index (χ3v) is 7.56. The molecule has 0 radical (unpaired) electrons. The minimum atomic E-state index is 0.741. The molecule has 8 rings (SSSR count). The molecule has 2 heterocycles. The van der Waals surface area contributed by atoms with E-state index in [1.165, 1.54) is 64.3 Å². The maximum Gasteiger partial charge on any atom is 0.0705 e. The lowest BCUT2D eigenvalue weighted by Crippen LogP contribution is -2.21. The molecule has 31 heavy (non-hydrogen) atoms. The summed E-state index contributed by atoms with van der Waals surface area (Å²) in [6.07, 6.45) is 7.58. The third-order valence-electron chi connectivity index (χ3n) is 7.56. The van der Waals surface area contributed by atoms with Crippen molar-refractivity contribution >= 4 is 21.8 Å². The maximum absolute atomic E-state index is 4.93. The van der Waals surface area contributed by atoms with Crippen LogP contribution in [-0.2, 0) is 0 Å². The molecule has 0 spiro atoms. The van der Waals surface area contributed by atoms with Gasteiger partial charge in [-0.25, -0.2) is 0 Å². The van der Waals surface area contributed by atoms with Crippen LogP contribution < -0.4 is 0 Å². The molecule has 0 N–H and O–H groups in total. The molecular formula is C29H24N2. The fourth-order valence-electron chi connectivity index (χ4n) is 6.04. The number of benzene rings is 3. The first kappa shape index (κ1) is 17.3. The van der Waals surface area contributed by atoms with Gasteiger partial charge in [-0.2, -0.15) is 0 Å². The topological polar surface area (TPSA) is 17.8 Å². The zero-order valence-corrected chi connectivity index (χ0v) is 17.5. The number of aromatic nitrogens is 2. The normalized spacial score (nSPS) is 19.7. The van der Waals surface area contributed by atoms with Crippen molar-refractivity contribution in [2.24, 2.45) is 0 Å². The van der Waals surface area contributed by atoms with Crippen LogP contribution >= 0.6 is 0 Å². The predicted octanol–water partition coefficient (Wildman–Crippen LogP) is 7.60. The van der Waals surface area contributed by atoms with Crippen molar-refractivity contribution in [1.82, 2.24) is 9.55 Å². The molecule has 3 aliphatic carbocycles. The van der Waals surface area contributed by atoms with Crippen molar-refractivity contribution in [2.75, 3.05) is 0 Å². The van der Waals surface area contributed by atoms with E-state index >= 15 is 0 Å². The van der Waals surface area contributed by atoms with Crippen molar-refractivity contribution in [2.45, 2.75) is 37.5 Å². The Labute approximate surface area is 182 Å². The molecule has 2 aromatic heterocycles. The second kappa shape index (κ2) is 6.55. The van der Waals surface area contributed by atoms with E-state index in [4.69, 9.17) is 4.98 Å². The molecule has 0 amide bonds. The van der Waals surface area contributed by atoms with Crippen molar-refractivity contribution in [3.05, 3.63) is 96.2 Å². The highest BCUT2D eigenvalue weighted by molar-refractivity contribution is 6.10. The Hall–Kier alpha value is -3.39. The summed E-state index contributed by atoms with van der Waals surface area (Å²) < 4.78 is 2.37. The summed E-state index contributed by atoms with van der Waals surface area (Å²) in [7, 11) is 0. The van der Waals surface area contributed by atoms with E-state index in [2.05, 4.69) is 89.6 Å². The smallest absolute Gasteiger partial charge is 0.0705 e. The molecule has 0 aliphatic heterocycles. The lowest BCUT2D eigenvalue weighted by Gasteiger charge is -2.38. The second-order valence-electron chi connectivity index (χ2n) is 9.17. The standard InChI is InChI=1S/C29H24N2/c1-2-6-22(7-3-1)31-28-9-5-4-8-23(28)25-16-21(14-15-29(25)31)27-17-24-19-10-12-20(13-11-19)26(24)18-30-27/h1-9,14-20H,10-13H2. The summed E-state index contributed by atoms with van der Waals surface area (Å²) in [4.78, 5) is 4.93. The van der Waals surface area contributed by atoms with Crippen LogP contribution in [0.1, 0.15) is 48.6 Å². The quantitative estimate of drug-likeness (QED) is 0.298. The van der Waals surface area contributed by atoms with Crippen LogP contribution in [0.5, 0.6) is 0 Å². The Morgan fingerprint density at radius 1 is 0.645 bits per heavy atom. The van der Waals surface area contributed by atoms with E-state index in [9.17, 15) is 0 Å². The van der Waals surface area contributed by atoms with Gasteiger partial charge in [0.1, 0.15) is 0 Å². The summed E-state index contributed by atoms with van der Waals surface area (Å²) in [6, 6.07) is 28.6. The number of pyridine rings is 1. The largest absolute Gasteiger partial charge is 0.309 e. The molecule has 2 nitrogen and oxygen atoms in total. The molecule has 150 valence electrons. The van der Waals surface area contributed by atoms with Gasteiger partial charge in [0.2, 0.25) is 0 Å². The van der Waals surface area contributed by atoms with Crippen LogP contribution in [0, 0.1) is 0 Å². The van der Waals surface area contributed by atoms with Gasteiger partial charge >= 0.3 is 0 Å². The Morgan fingerprint density at radius 3 is 2.19 bits per heavy atom. The van der Waals surface area contributed by atoms with Gasteiger partial charge in [0, 0.05) is 28.2 Å². The minimum Gasteiger partial charge on any atom is -0.309 e. The molecule has 3 aliphatic rings. The average molecular weight is 401 g/mol. The zero-order valence-electron chi connectivity index (χ0n) is 17.5. The maximum atomic E-state index is 4.93. The molecule has 2 heteroatoms. The number of nitrogens with zero attached hydrogens (tertiary/aromatic N) is 2. The lowest BCUT2D eigenvalue weighted by molar-refractivity contribution is 0.358. The van der Waals surface area contributed by atoms with Gasteiger partial charge in [-0.05, 0) is 85.0 Å². The van der Waals surface area contributed by atoms with Crippen molar-refractivity contribution < 1.29 is 0 Å². The zero-order chi connectivity index (χ0) is 20.4. The molecule has 1 saturated carbocycles. The van der Waals surface area contributed by atoms with Crippen molar-refractivity contribution in [3.8, 4) is 16.9 Å². The second-order valence-corrected chi connectivity index (χ2v) is 9.17. The van der Waals surface area contributed by atoms with Crippen LogP contribution in [0.25, 0.3) is 38.8 Å². The van der Waals surface area contributed by atoms with Gasteiger partial charge in [0.05, 0.1) is 16.7 Å². The van der Waals surface area contributed by atoms with Gasteiger partial charge in [-0.15, -0.1) is 0 Å². The first-order valence-electron chi connectivity index (χ1n) is 11.5. The highest BCUT2D eigenvalue weighted by Crippen LogP contribution is 2.49. The summed E-state index contributed by atoms with van der Waals surface area (Å²) >= 11 is 0. The summed E-state index contributed by atoms with van der Waals surface area (Å²) in [6.45, 7) is 0. The number of hydrogen-bond acceptors (Lipinski definition) is 1. The van der Waals surface area contributed by atoms with E-state index in [1.807, 2.05) is 0 Å². The van der Waals surface area contributed by atoms with Gasteiger partial charge < -0.3 is 4.57 Å². The number of rotatable bonds is 2. The van der Waals surface area contributed by atoms with E-state index in [-0.39, 0.29) is 0 Å². The third kappa shape index (κ3) is 2.54. The van der Waals surface area contributed by atoms with E-state index in [1.54, 1.807) is 5.56 Å². The number of hydrogen-bond donors (Lipinski definition) is 0. The predicted molar refractivity (Wildman–Crippen MR) is 128 cm³/mol. The van der Waals surface area contributed by atoms with Gasteiger partial charge in [-0.3, -0.25) is 4.98 Å². The first-order valence-corrected chi connectivity index (χ1v) is 11.5. The van der Waals surface area contributed by atoms with Gasteiger partial charge in [0.15, 0.2) is 0 Å². The first-order chi connectivity index (χ1) is 15.4. The highest BCUT2D eigenvalue weighted by atomic mass is 15.0. The van der Waals surface area contributed by atoms with Crippen molar-refractivity contribution in [1.29, 1.82) is 0 Å². The molecule has 1 fully saturated rings. The molecule has 0 saturated heterocycles. The number of para-hydroxylation sites is 2. The van der Waals surface area contributed by atoms with Gasteiger partial charge in [-0.1, -0.05) is 42.5 Å². The number of fused-ring (bicyclic) bond motifs is 5. The molecular weight excluding hydrogens is 376 g/mol. The Morgan fingerprint density at radius 2 is 1.35 bits per heavy atom. The van der Waals surface area contributed by atoms with Crippen LogP contribution in [0.2, 0.25) is 0 Å². The molecule has 0 atom stereocenters. The summed E-state index contributed by atoms with van der Waals surface area (Å²) in [5.41, 5.74) is 9.11. The molecule has 3 aromatic carbocycles. The molecule has 5 aromatic rings. The van der Waals surface area contributed by atoms with Crippen LogP contribution in [0.4, 0.5) is 0 Å². The fraction of sp³-hybridized carbons (Fsp3) is 0.207. The minimum absolute atomic E-state index is 0.741. The van der Waals surface area contributed by atoms with Crippen LogP contribution in [0.15, 0.2) is 85.1 Å². The Balaban J connectivity index is 1.44. The SMILES string of the molecule is c1ccc(-n2c3ccccc3c3cc(-c4cc5c(cn4)C4CCC5CC4)ccc32)cc1. The summed E-state index contributed by atoms with van der Waals surface area (Å²) in [5.74, 6) is 1.48. The van der Waals surface area contributed by atoms with Gasteiger partial charge in [0.25, 0.3) is 0 Å².